The molecule has 2 N–H and O–H groups in total. The van der Waals surface area contributed by atoms with Gasteiger partial charge in [-0.25, -0.2) is 14.6 Å². The van der Waals surface area contributed by atoms with Crippen molar-refractivity contribution in [3.63, 3.8) is 0 Å². The summed E-state index contributed by atoms with van der Waals surface area (Å²) in [5.41, 5.74) is 1.46. The molecule has 0 bridgehead atoms. The summed E-state index contributed by atoms with van der Waals surface area (Å²) in [6.07, 6.45) is 5.45. The number of rotatable bonds is 4. The molecule has 1 aromatic heterocycles. The Bertz CT molecular complexity index is 1180. The quantitative estimate of drug-likeness (QED) is 0.660. The van der Waals surface area contributed by atoms with Crippen LogP contribution < -0.4 is 14.8 Å². The zero-order valence-electron chi connectivity index (χ0n) is 19.3. The van der Waals surface area contributed by atoms with Crippen molar-refractivity contribution in [2.75, 3.05) is 26.0 Å². The second-order valence-corrected chi connectivity index (χ2v) is 9.29. The number of anilines is 1. The van der Waals surface area contributed by atoms with Crippen molar-refractivity contribution < 1.29 is 28.9 Å². The number of aromatic carboxylic acids is 1. The molecule has 0 saturated heterocycles. The fourth-order valence-corrected chi connectivity index (χ4v) is 5.43. The van der Waals surface area contributed by atoms with Crippen LogP contribution in [-0.2, 0) is 16.7 Å². The lowest BCUT2D eigenvalue weighted by molar-refractivity contribution is -0.00489. The third-order valence-corrected chi connectivity index (χ3v) is 7.16. The molecule has 0 fully saturated rings. The smallest absolute Gasteiger partial charge is 0.413 e. The molecule has 3 aliphatic rings. The summed E-state index contributed by atoms with van der Waals surface area (Å²) < 4.78 is 17.9. The molecule has 2 aromatic rings. The molecule has 34 heavy (non-hydrogen) atoms. The molecule has 5 rings (SSSR count). The lowest BCUT2D eigenvalue weighted by Crippen LogP contribution is -2.53. The van der Waals surface area contributed by atoms with Gasteiger partial charge in [-0.1, -0.05) is 12.1 Å². The summed E-state index contributed by atoms with van der Waals surface area (Å²) >= 11 is 0. The van der Waals surface area contributed by atoms with Crippen LogP contribution in [0.15, 0.2) is 42.6 Å². The molecular weight excluding hydrogens is 438 g/mol. The minimum Gasteiger partial charge on any atom is -0.493 e. The number of carboxylic acid groups (broad SMARTS) is 1. The van der Waals surface area contributed by atoms with E-state index in [2.05, 4.69) is 41.3 Å². The van der Waals surface area contributed by atoms with Gasteiger partial charge in [-0.3, -0.25) is 5.32 Å². The highest BCUT2D eigenvalue weighted by molar-refractivity contribution is 5.88. The largest absolute Gasteiger partial charge is 0.493 e. The van der Waals surface area contributed by atoms with Crippen LogP contribution >= 0.6 is 0 Å². The average molecular weight is 466 g/mol. The Morgan fingerprint density at radius 2 is 2.12 bits per heavy atom. The van der Waals surface area contributed by atoms with Gasteiger partial charge in [0.05, 0.1) is 18.1 Å². The van der Waals surface area contributed by atoms with Gasteiger partial charge in [0.1, 0.15) is 17.5 Å². The normalized spacial score (nSPS) is 27.1. The first-order valence-electron chi connectivity index (χ1n) is 11.2. The second-order valence-electron chi connectivity index (χ2n) is 9.29. The van der Waals surface area contributed by atoms with Crippen LogP contribution in [0.25, 0.3) is 0 Å². The topological polar surface area (TPSA) is 110 Å². The van der Waals surface area contributed by atoms with Crippen LogP contribution in [0.4, 0.5) is 10.6 Å². The fraction of sp³-hybridized carbons (Fsp3) is 0.400. The highest BCUT2D eigenvalue weighted by Crippen LogP contribution is 2.60. The van der Waals surface area contributed by atoms with Gasteiger partial charge in [0.2, 0.25) is 0 Å². The zero-order chi connectivity index (χ0) is 24.1. The number of carbonyl (C=O) groups is 2. The molecule has 1 spiro atoms. The molecule has 9 nitrogen and oxygen atoms in total. The number of carboxylic acids is 1. The van der Waals surface area contributed by atoms with Gasteiger partial charge in [0.25, 0.3) is 0 Å². The van der Waals surface area contributed by atoms with E-state index in [-0.39, 0.29) is 16.8 Å². The average Bonchev–Trinajstić information content (AvgIpc) is 2.97. The number of hydrogen-bond acceptors (Lipinski definition) is 7. The van der Waals surface area contributed by atoms with Gasteiger partial charge < -0.3 is 24.2 Å². The van der Waals surface area contributed by atoms with Gasteiger partial charge in [-0.05, 0) is 56.8 Å². The van der Waals surface area contributed by atoms with Crippen LogP contribution in [0.3, 0.4) is 0 Å². The number of hydrogen-bond donors (Lipinski definition) is 2. The number of ether oxygens (including phenoxy) is 3. The van der Waals surface area contributed by atoms with Gasteiger partial charge >= 0.3 is 12.1 Å². The van der Waals surface area contributed by atoms with Gasteiger partial charge in [-0.2, -0.15) is 0 Å². The molecule has 3 heterocycles. The number of nitrogens with zero attached hydrogens (tertiary/aromatic N) is 2. The van der Waals surface area contributed by atoms with E-state index in [4.69, 9.17) is 19.3 Å². The van der Waals surface area contributed by atoms with Crippen LogP contribution in [0, 0.1) is 0 Å². The van der Waals surface area contributed by atoms with E-state index >= 15 is 0 Å². The number of aromatic nitrogens is 1. The Kier molecular flexibility index (Phi) is 5.24. The van der Waals surface area contributed by atoms with Crippen molar-refractivity contribution in [3.8, 4) is 11.5 Å². The minimum atomic E-state index is -1.09. The van der Waals surface area contributed by atoms with Crippen LogP contribution in [0.2, 0.25) is 0 Å². The van der Waals surface area contributed by atoms with Gasteiger partial charge in [-0.15, -0.1) is 0 Å². The maximum Gasteiger partial charge on any atom is 0.413 e. The maximum atomic E-state index is 12.5. The van der Waals surface area contributed by atoms with Crippen molar-refractivity contribution >= 4 is 17.9 Å². The summed E-state index contributed by atoms with van der Waals surface area (Å²) in [4.78, 5) is 29.8. The summed E-state index contributed by atoms with van der Waals surface area (Å²) in [6, 6.07) is 6.86. The predicted octanol–water partition coefficient (Wildman–Crippen LogP) is 3.59. The summed E-state index contributed by atoms with van der Waals surface area (Å²) in [6.45, 7) is 3.81. The third-order valence-electron chi connectivity index (χ3n) is 7.16. The Morgan fingerprint density at radius 3 is 2.82 bits per heavy atom. The van der Waals surface area contributed by atoms with Crippen molar-refractivity contribution in [2.24, 2.45) is 0 Å². The lowest BCUT2D eigenvalue weighted by atomic mass is 9.62. The number of benzene rings is 1. The van der Waals surface area contributed by atoms with Crippen molar-refractivity contribution in [3.05, 3.63) is 59.3 Å². The van der Waals surface area contributed by atoms with Gasteiger partial charge in [0, 0.05) is 24.7 Å². The molecule has 1 aromatic carbocycles. The summed E-state index contributed by atoms with van der Waals surface area (Å²) in [5, 5.41) is 11.5. The second kappa shape index (κ2) is 8.02. The first-order valence-corrected chi connectivity index (χ1v) is 11.2. The minimum absolute atomic E-state index is 0.0362. The fourth-order valence-electron chi connectivity index (χ4n) is 5.43. The SMILES string of the molecule is COc1ccc2c3c1O[C@@]1(C)C[C@@H](OC(=O)Nc4ccc(C(=O)O)cn4)C=C[C@@]31CCN(C)C2. The first kappa shape index (κ1) is 22.2. The van der Waals surface area contributed by atoms with Crippen molar-refractivity contribution in [1.82, 2.24) is 9.88 Å². The molecule has 1 amide bonds. The Labute approximate surface area is 197 Å². The predicted molar refractivity (Wildman–Crippen MR) is 124 cm³/mol. The molecule has 1 aliphatic carbocycles. The van der Waals surface area contributed by atoms with E-state index in [9.17, 15) is 9.59 Å². The molecule has 0 unspecified atom stereocenters. The summed E-state index contributed by atoms with van der Waals surface area (Å²) in [5.74, 6) is 0.606. The number of nitrogens with one attached hydrogen (secondary N) is 1. The van der Waals surface area contributed by atoms with E-state index < -0.39 is 23.8 Å². The van der Waals surface area contributed by atoms with E-state index in [1.54, 1.807) is 7.11 Å². The van der Waals surface area contributed by atoms with E-state index in [1.807, 2.05) is 12.1 Å². The summed E-state index contributed by atoms with van der Waals surface area (Å²) in [7, 11) is 3.76. The van der Waals surface area contributed by atoms with Crippen molar-refractivity contribution in [1.29, 1.82) is 0 Å². The molecule has 9 heteroatoms. The van der Waals surface area contributed by atoms with Crippen LogP contribution in [0.5, 0.6) is 11.5 Å². The molecule has 2 aliphatic heterocycles. The molecule has 0 saturated carbocycles. The third kappa shape index (κ3) is 3.47. The zero-order valence-corrected chi connectivity index (χ0v) is 19.3. The lowest BCUT2D eigenvalue weighted by Gasteiger charge is -2.44. The number of carbonyl (C=O) groups excluding carboxylic acids is 1. The van der Waals surface area contributed by atoms with Crippen molar-refractivity contribution in [2.45, 2.75) is 43.4 Å². The van der Waals surface area contributed by atoms with E-state index in [0.717, 1.165) is 25.3 Å². The molecular formula is C25H27N3O6. The van der Waals surface area contributed by atoms with E-state index in [1.165, 1.54) is 29.5 Å². The highest BCUT2D eigenvalue weighted by Gasteiger charge is 2.60. The Balaban J connectivity index is 1.39. The number of pyridine rings is 1. The number of methoxy groups -OCH3 is 1. The first-order chi connectivity index (χ1) is 16.2. The highest BCUT2D eigenvalue weighted by atomic mass is 16.6. The number of amides is 1. The Hall–Kier alpha value is -3.59. The van der Waals surface area contributed by atoms with Gasteiger partial charge in [0.15, 0.2) is 11.5 Å². The Morgan fingerprint density at radius 1 is 1.29 bits per heavy atom. The molecule has 0 radical (unpaired) electrons. The maximum absolute atomic E-state index is 12.5. The van der Waals surface area contributed by atoms with Crippen LogP contribution in [0.1, 0.15) is 41.3 Å². The standard InChI is InChI=1S/C25H27N3O6/c1-24-12-17(33-23(31)27-19-7-5-15(13-26-19)22(29)30)8-9-25(24)10-11-28(2)14-16-4-6-18(32-3)21(34-24)20(16)25/h4-9,13,17H,10-12,14H2,1-3H3,(H,29,30)(H,26,27,31)/t17-,24-,25+/m0/s1. The van der Waals surface area contributed by atoms with E-state index in [0.29, 0.717) is 12.2 Å². The monoisotopic (exact) mass is 465 g/mol. The molecule has 3 atom stereocenters. The van der Waals surface area contributed by atoms with Crippen LogP contribution in [-0.4, -0.2) is 59.5 Å². The molecule has 178 valence electrons.